The van der Waals surface area contributed by atoms with Gasteiger partial charge in [0.05, 0.1) is 12.7 Å². The summed E-state index contributed by atoms with van der Waals surface area (Å²) in [5.74, 6) is 3.41. The van der Waals surface area contributed by atoms with E-state index in [0.29, 0.717) is 41.4 Å². The third-order valence-electron chi connectivity index (χ3n) is 9.11. The summed E-state index contributed by atoms with van der Waals surface area (Å²) in [6.45, 7) is 12.0. The van der Waals surface area contributed by atoms with Gasteiger partial charge in [0.25, 0.3) is 0 Å². The Bertz CT molecular complexity index is 589. The van der Waals surface area contributed by atoms with E-state index in [1.165, 1.54) is 32.1 Å². The van der Waals surface area contributed by atoms with Crippen molar-refractivity contribution >= 4 is 5.91 Å². The van der Waals surface area contributed by atoms with Gasteiger partial charge in [0, 0.05) is 19.5 Å². The molecule has 146 valence electrons. The van der Waals surface area contributed by atoms with Crippen LogP contribution in [0.4, 0.5) is 0 Å². The van der Waals surface area contributed by atoms with Crippen molar-refractivity contribution in [1.82, 2.24) is 4.90 Å². The topological polar surface area (TPSA) is 29.5 Å². The fourth-order valence-corrected chi connectivity index (χ4v) is 7.79. The maximum Gasteiger partial charge on any atom is 0.222 e. The Labute approximate surface area is 159 Å². The molecule has 0 N–H and O–H groups in total. The van der Waals surface area contributed by atoms with Gasteiger partial charge in [0.1, 0.15) is 0 Å². The first-order chi connectivity index (χ1) is 12.3. The Morgan fingerprint density at radius 3 is 2.77 bits per heavy atom. The van der Waals surface area contributed by atoms with Gasteiger partial charge in [-0.05, 0) is 73.0 Å². The second kappa shape index (κ2) is 6.36. The molecule has 3 aliphatic carbocycles. The molecule has 3 nitrogen and oxygen atoms in total. The third kappa shape index (κ3) is 2.60. The minimum absolute atomic E-state index is 0.307. The number of piperidine rings is 1. The van der Waals surface area contributed by atoms with Crippen molar-refractivity contribution in [3.05, 3.63) is 12.7 Å². The number of carbonyl (C=O) groups is 1. The molecular formula is C23H37NO2. The maximum absolute atomic E-state index is 12.3. The fourth-order valence-electron chi connectivity index (χ4n) is 7.79. The zero-order valence-corrected chi connectivity index (χ0v) is 17.2. The van der Waals surface area contributed by atoms with Crippen molar-refractivity contribution in [2.24, 2.45) is 34.5 Å². The number of rotatable bonds is 3. The second-order valence-corrected chi connectivity index (χ2v) is 10.4. The molecule has 0 spiro atoms. The van der Waals surface area contributed by atoms with Crippen molar-refractivity contribution in [1.29, 1.82) is 0 Å². The molecule has 4 rings (SSSR count). The summed E-state index contributed by atoms with van der Waals surface area (Å²) in [5.41, 5.74) is 0.752. The first kappa shape index (κ1) is 18.5. The molecule has 0 radical (unpaired) electrons. The van der Waals surface area contributed by atoms with E-state index in [1.807, 2.05) is 6.08 Å². The highest BCUT2D eigenvalue weighted by Gasteiger charge is 2.62. The van der Waals surface area contributed by atoms with Crippen molar-refractivity contribution in [2.45, 2.75) is 77.9 Å². The molecular weight excluding hydrogens is 322 g/mol. The molecule has 1 amide bonds. The quantitative estimate of drug-likeness (QED) is 0.686. The van der Waals surface area contributed by atoms with E-state index in [0.717, 1.165) is 30.6 Å². The van der Waals surface area contributed by atoms with Crippen LogP contribution in [0.25, 0.3) is 0 Å². The predicted molar refractivity (Wildman–Crippen MR) is 105 cm³/mol. The zero-order chi connectivity index (χ0) is 18.7. The molecule has 0 aromatic rings. The van der Waals surface area contributed by atoms with Crippen LogP contribution in [0.15, 0.2) is 12.7 Å². The zero-order valence-electron chi connectivity index (χ0n) is 17.2. The van der Waals surface area contributed by atoms with Crippen LogP contribution in [0.2, 0.25) is 0 Å². The SMILES string of the molecule is C=CCO[C@H]1C[C@H]2[C@@H]3[C@@H](C)C[C@H]4N(C)C(=O)CC[C@]4(C)[C@H]3CC[C@]2(C)C1. The Morgan fingerprint density at radius 2 is 2.04 bits per heavy atom. The van der Waals surface area contributed by atoms with Crippen molar-refractivity contribution in [2.75, 3.05) is 13.7 Å². The van der Waals surface area contributed by atoms with Crippen LogP contribution >= 0.6 is 0 Å². The van der Waals surface area contributed by atoms with Crippen LogP contribution in [0.3, 0.4) is 0 Å². The fraction of sp³-hybridized carbons (Fsp3) is 0.870. The first-order valence-electron chi connectivity index (χ1n) is 10.8. The number of likely N-dealkylation sites (tertiary alicyclic amines) is 1. The van der Waals surface area contributed by atoms with Gasteiger partial charge in [-0.2, -0.15) is 0 Å². The first-order valence-corrected chi connectivity index (χ1v) is 10.8. The van der Waals surface area contributed by atoms with Gasteiger partial charge >= 0.3 is 0 Å². The van der Waals surface area contributed by atoms with Crippen LogP contribution in [-0.4, -0.2) is 36.6 Å². The van der Waals surface area contributed by atoms with Gasteiger partial charge in [0.2, 0.25) is 5.91 Å². The van der Waals surface area contributed by atoms with E-state index < -0.39 is 0 Å². The van der Waals surface area contributed by atoms with Crippen LogP contribution in [0.1, 0.15) is 65.7 Å². The minimum Gasteiger partial charge on any atom is -0.374 e. The smallest absolute Gasteiger partial charge is 0.222 e. The van der Waals surface area contributed by atoms with Crippen LogP contribution in [0.5, 0.6) is 0 Å². The Hall–Kier alpha value is -0.830. The molecule has 1 saturated heterocycles. The summed E-state index contributed by atoms with van der Waals surface area (Å²) in [6, 6.07) is 0.443. The minimum atomic E-state index is 0.307. The molecule has 1 aliphatic heterocycles. The summed E-state index contributed by atoms with van der Waals surface area (Å²) in [4.78, 5) is 14.4. The number of nitrogens with zero attached hydrogens (tertiary/aromatic N) is 1. The Balaban J connectivity index is 1.61. The number of carbonyl (C=O) groups excluding carboxylic acids is 1. The Kier molecular flexibility index (Phi) is 4.53. The van der Waals surface area contributed by atoms with Crippen LogP contribution in [-0.2, 0) is 9.53 Å². The van der Waals surface area contributed by atoms with Crippen LogP contribution < -0.4 is 0 Å². The molecule has 4 fully saturated rings. The van der Waals surface area contributed by atoms with E-state index in [-0.39, 0.29) is 0 Å². The molecule has 4 aliphatic rings. The van der Waals surface area contributed by atoms with Gasteiger partial charge in [-0.1, -0.05) is 26.8 Å². The second-order valence-electron chi connectivity index (χ2n) is 10.4. The largest absolute Gasteiger partial charge is 0.374 e. The monoisotopic (exact) mass is 359 g/mol. The number of amides is 1. The molecule has 0 unspecified atom stereocenters. The van der Waals surface area contributed by atoms with Gasteiger partial charge in [-0.25, -0.2) is 0 Å². The van der Waals surface area contributed by atoms with Crippen LogP contribution in [0, 0.1) is 34.5 Å². The van der Waals surface area contributed by atoms with Gasteiger partial charge in [0.15, 0.2) is 0 Å². The standard InChI is InChI=1S/C23H37NO2/c1-6-11-26-16-13-18-21-15(2)12-19-23(4,10-8-20(25)24(19)5)17(21)7-9-22(18,3)14-16/h6,15-19,21H,1,7-14H2,2-5H3/t15-,16-,17-,18-,19+,21+,22+,23+/m0/s1. The Morgan fingerprint density at radius 1 is 1.27 bits per heavy atom. The average molecular weight is 360 g/mol. The predicted octanol–water partition coefficient (Wildman–Crippen LogP) is 4.67. The van der Waals surface area contributed by atoms with E-state index in [9.17, 15) is 4.79 Å². The highest BCUT2D eigenvalue weighted by molar-refractivity contribution is 5.77. The molecule has 8 atom stereocenters. The highest BCUT2D eigenvalue weighted by Crippen LogP contribution is 2.66. The molecule has 3 saturated carbocycles. The van der Waals surface area contributed by atoms with E-state index in [4.69, 9.17) is 4.74 Å². The number of fused-ring (bicyclic) bond motifs is 5. The number of ether oxygens (including phenoxy) is 1. The lowest BCUT2D eigenvalue weighted by atomic mass is 9.45. The molecule has 1 heterocycles. The summed E-state index contributed by atoms with van der Waals surface area (Å²) in [7, 11) is 2.05. The summed E-state index contributed by atoms with van der Waals surface area (Å²) in [6.07, 6.45) is 10.4. The average Bonchev–Trinajstić information content (AvgIpc) is 2.95. The normalized spacial score (nSPS) is 50.8. The lowest BCUT2D eigenvalue weighted by molar-refractivity contribution is -0.164. The van der Waals surface area contributed by atoms with E-state index in [1.54, 1.807) is 0 Å². The molecule has 0 aromatic heterocycles. The van der Waals surface area contributed by atoms with Gasteiger partial charge < -0.3 is 9.64 Å². The maximum atomic E-state index is 12.3. The van der Waals surface area contributed by atoms with Crippen molar-refractivity contribution in [3.63, 3.8) is 0 Å². The summed E-state index contributed by atoms with van der Waals surface area (Å²) >= 11 is 0. The van der Waals surface area contributed by atoms with Gasteiger partial charge in [-0.3, -0.25) is 4.79 Å². The molecule has 26 heavy (non-hydrogen) atoms. The highest BCUT2D eigenvalue weighted by atomic mass is 16.5. The summed E-state index contributed by atoms with van der Waals surface area (Å²) < 4.78 is 6.12. The van der Waals surface area contributed by atoms with E-state index >= 15 is 0 Å². The molecule has 3 heteroatoms. The van der Waals surface area contributed by atoms with Crippen molar-refractivity contribution < 1.29 is 9.53 Å². The van der Waals surface area contributed by atoms with Gasteiger partial charge in [-0.15, -0.1) is 6.58 Å². The van der Waals surface area contributed by atoms with Crippen molar-refractivity contribution in [3.8, 4) is 0 Å². The lowest BCUT2D eigenvalue weighted by Crippen LogP contribution is -2.62. The molecule has 0 bridgehead atoms. The lowest BCUT2D eigenvalue weighted by Gasteiger charge is -2.63. The number of hydrogen-bond donors (Lipinski definition) is 0. The van der Waals surface area contributed by atoms with E-state index in [2.05, 4.69) is 39.3 Å². The summed E-state index contributed by atoms with van der Waals surface area (Å²) in [5, 5.41) is 0. The third-order valence-corrected chi connectivity index (χ3v) is 9.11. The molecule has 0 aromatic carbocycles. The number of hydrogen-bond acceptors (Lipinski definition) is 2.